The van der Waals surface area contributed by atoms with Gasteiger partial charge < -0.3 is 4.57 Å². The molecule has 98 valence electrons. The highest BCUT2D eigenvalue weighted by Crippen LogP contribution is 2.42. The van der Waals surface area contributed by atoms with Gasteiger partial charge in [-0.25, -0.2) is 0 Å². The summed E-state index contributed by atoms with van der Waals surface area (Å²) in [6.45, 7) is 13.1. The van der Waals surface area contributed by atoms with Gasteiger partial charge in [-0.1, -0.05) is 63.4 Å². The first-order valence-corrected chi connectivity index (χ1v) is 6.95. The summed E-state index contributed by atoms with van der Waals surface area (Å²) in [6.07, 6.45) is 0. The maximum Gasteiger partial charge on any atom is 0.0581 e. The van der Waals surface area contributed by atoms with Gasteiger partial charge in [0.25, 0.3) is 0 Å². The lowest BCUT2D eigenvalue weighted by atomic mass is 9.75. The van der Waals surface area contributed by atoms with E-state index in [4.69, 9.17) is 0 Å². The molecule has 0 N–H and O–H groups in total. The standard InChI is InChI=1S/C19H17N/c1-12-13(2)20-17-11-6-5-9-15(17)19(3,4)16-10-7-8-14(12)18(16)20/h5-11H,1-2H2,3-4H3. The van der Waals surface area contributed by atoms with Crippen molar-refractivity contribution in [2.75, 3.05) is 0 Å². The molecule has 0 bridgehead atoms. The summed E-state index contributed by atoms with van der Waals surface area (Å²) in [5, 5.41) is 3.25. The van der Waals surface area contributed by atoms with Crippen LogP contribution in [0.5, 0.6) is 0 Å². The summed E-state index contributed by atoms with van der Waals surface area (Å²) in [6, 6.07) is 15.1. The Morgan fingerprint density at radius 1 is 0.900 bits per heavy atom. The predicted molar refractivity (Wildman–Crippen MR) is 85.7 cm³/mol. The Morgan fingerprint density at radius 2 is 1.60 bits per heavy atom. The quantitative estimate of drug-likeness (QED) is 0.584. The number of benzene rings is 2. The first kappa shape index (κ1) is 11.5. The van der Waals surface area contributed by atoms with Crippen LogP contribution in [-0.2, 0) is 5.41 Å². The second kappa shape index (κ2) is 3.43. The molecule has 0 saturated carbocycles. The van der Waals surface area contributed by atoms with E-state index in [2.05, 4.69) is 74.0 Å². The van der Waals surface area contributed by atoms with Gasteiger partial charge in [0.2, 0.25) is 0 Å². The third-order valence-electron chi connectivity index (χ3n) is 4.69. The summed E-state index contributed by atoms with van der Waals surface area (Å²) in [5.74, 6) is 0. The average molecular weight is 259 g/mol. The molecule has 0 unspecified atom stereocenters. The van der Waals surface area contributed by atoms with Gasteiger partial charge in [-0.15, -0.1) is 0 Å². The molecule has 0 fully saturated rings. The summed E-state index contributed by atoms with van der Waals surface area (Å²) in [7, 11) is 0. The van der Waals surface area contributed by atoms with Crippen molar-refractivity contribution < 1.29 is 0 Å². The van der Waals surface area contributed by atoms with Gasteiger partial charge in [-0.2, -0.15) is 0 Å². The fraction of sp³-hybridized carbons (Fsp3) is 0.158. The van der Waals surface area contributed by atoms with Gasteiger partial charge in [-0.3, -0.25) is 0 Å². The average Bonchev–Trinajstić information content (AvgIpc) is 2.70. The predicted octanol–water partition coefficient (Wildman–Crippen LogP) is 3.09. The van der Waals surface area contributed by atoms with E-state index in [9.17, 15) is 0 Å². The Hall–Kier alpha value is -2.28. The van der Waals surface area contributed by atoms with Crippen molar-refractivity contribution in [3.63, 3.8) is 0 Å². The van der Waals surface area contributed by atoms with E-state index in [1.165, 1.54) is 27.7 Å². The number of rotatable bonds is 0. The second-order valence-corrected chi connectivity index (χ2v) is 6.10. The van der Waals surface area contributed by atoms with E-state index in [-0.39, 0.29) is 5.41 Å². The first-order valence-electron chi connectivity index (χ1n) is 6.95. The highest BCUT2D eigenvalue weighted by atomic mass is 15.0. The Bertz CT molecular complexity index is 957. The molecular formula is C19H17N. The highest BCUT2D eigenvalue weighted by molar-refractivity contribution is 5.89. The summed E-state index contributed by atoms with van der Waals surface area (Å²) >= 11 is 0. The Kier molecular flexibility index (Phi) is 1.98. The molecule has 1 aromatic heterocycles. The summed E-state index contributed by atoms with van der Waals surface area (Å²) < 4.78 is 2.27. The molecule has 1 aliphatic heterocycles. The minimum Gasteiger partial charge on any atom is -0.309 e. The number of para-hydroxylation sites is 2. The SMILES string of the molecule is C=c1c(=C)n2c3c(cccc13)C(C)(C)c1ccccc1-2. The summed E-state index contributed by atoms with van der Waals surface area (Å²) in [5.41, 5.74) is 5.21. The van der Waals surface area contributed by atoms with Crippen molar-refractivity contribution in [3.05, 3.63) is 64.2 Å². The topological polar surface area (TPSA) is 4.93 Å². The van der Waals surface area contributed by atoms with E-state index in [1.807, 2.05) is 0 Å². The minimum absolute atomic E-state index is 0.00331. The molecule has 1 aliphatic rings. The maximum absolute atomic E-state index is 4.25. The zero-order valence-corrected chi connectivity index (χ0v) is 11.9. The number of aromatic nitrogens is 1. The lowest BCUT2D eigenvalue weighted by Crippen LogP contribution is -2.31. The third kappa shape index (κ3) is 1.14. The van der Waals surface area contributed by atoms with E-state index in [0.717, 1.165) is 10.6 Å². The monoisotopic (exact) mass is 259 g/mol. The third-order valence-corrected chi connectivity index (χ3v) is 4.69. The molecule has 2 heterocycles. The van der Waals surface area contributed by atoms with Crippen molar-refractivity contribution >= 4 is 24.1 Å². The van der Waals surface area contributed by atoms with Gasteiger partial charge in [-0.05, 0) is 17.2 Å². The van der Waals surface area contributed by atoms with Crippen molar-refractivity contribution in [2.24, 2.45) is 0 Å². The van der Waals surface area contributed by atoms with Gasteiger partial charge >= 0.3 is 0 Å². The fourth-order valence-electron chi connectivity index (χ4n) is 3.57. The van der Waals surface area contributed by atoms with E-state index < -0.39 is 0 Å². The smallest absolute Gasteiger partial charge is 0.0581 e. The molecule has 1 nitrogen and oxygen atoms in total. The Morgan fingerprint density at radius 3 is 2.40 bits per heavy atom. The van der Waals surface area contributed by atoms with Crippen molar-refractivity contribution in [2.45, 2.75) is 19.3 Å². The molecule has 0 aliphatic carbocycles. The Balaban J connectivity index is 2.39. The molecule has 0 spiro atoms. The van der Waals surface area contributed by atoms with E-state index >= 15 is 0 Å². The second-order valence-electron chi connectivity index (χ2n) is 6.10. The molecule has 20 heavy (non-hydrogen) atoms. The van der Waals surface area contributed by atoms with Gasteiger partial charge in [0, 0.05) is 21.4 Å². The van der Waals surface area contributed by atoms with Crippen LogP contribution in [0, 0.1) is 0 Å². The highest BCUT2D eigenvalue weighted by Gasteiger charge is 2.33. The van der Waals surface area contributed by atoms with E-state index in [0.29, 0.717) is 0 Å². The number of hydrogen-bond acceptors (Lipinski definition) is 0. The molecule has 1 heteroatoms. The van der Waals surface area contributed by atoms with Crippen molar-refractivity contribution in [1.29, 1.82) is 0 Å². The number of hydrogen-bond donors (Lipinski definition) is 0. The Labute approximate surface area is 118 Å². The van der Waals surface area contributed by atoms with Gasteiger partial charge in [0.1, 0.15) is 0 Å². The van der Waals surface area contributed by atoms with E-state index in [1.54, 1.807) is 0 Å². The van der Waals surface area contributed by atoms with Crippen LogP contribution in [-0.4, -0.2) is 4.57 Å². The van der Waals surface area contributed by atoms with Crippen LogP contribution < -0.4 is 10.6 Å². The fourth-order valence-corrected chi connectivity index (χ4v) is 3.57. The van der Waals surface area contributed by atoms with Crippen molar-refractivity contribution in [3.8, 4) is 5.69 Å². The van der Waals surface area contributed by atoms with Crippen LogP contribution >= 0.6 is 0 Å². The van der Waals surface area contributed by atoms with Gasteiger partial charge in [0.05, 0.1) is 11.2 Å². The maximum atomic E-state index is 4.25. The zero-order chi connectivity index (χ0) is 14.1. The van der Waals surface area contributed by atoms with Gasteiger partial charge in [0.15, 0.2) is 0 Å². The molecule has 0 radical (unpaired) electrons. The van der Waals surface area contributed by atoms with Crippen LogP contribution in [0.15, 0.2) is 42.5 Å². The lowest BCUT2D eigenvalue weighted by Gasteiger charge is -2.34. The molecule has 2 aromatic carbocycles. The van der Waals surface area contributed by atoms with Crippen LogP contribution in [0.1, 0.15) is 25.0 Å². The van der Waals surface area contributed by atoms with Crippen molar-refractivity contribution in [1.82, 2.24) is 4.57 Å². The minimum atomic E-state index is 0.00331. The number of fused-ring (bicyclic) bond motifs is 2. The normalized spacial score (nSPS) is 15.3. The number of nitrogens with zero attached hydrogens (tertiary/aromatic N) is 1. The molecule has 0 atom stereocenters. The van der Waals surface area contributed by atoms with Crippen LogP contribution in [0.3, 0.4) is 0 Å². The first-order chi connectivity index (χ1) is 9.53. The van der Waals surface area contributed by atoms with Crippen LogP contribution in [0.25, 0.3) is 29.7 Å². The summed E-state index contributed by atoms with van der Waals surface area (Å²) in [4.78, 5) is 0. The van der Waals surface area contributed by atoms with Crippen LogP contribution in [0.4, 0.5) is 0 Å². The molecule has 3 aromatic rings. The molecule has 0 saturated heterocycles. The molecular weight excluding hydrogens is 242 g/mol. The zero-order valence-electron chi connectivity index (χ0n) is 11.9. The lowest BCUT2D eigenvalue weighted by molar-refractivity contribution is 0.627. The van der Waals surface area contributed by atoms with Crippen LogP contribution in [0.2, 0.25) is 0 Å². The molecule has 4 rings (SSSR count). The largest absolute Gasteiger partial charge is 0.309 e. The molecule has 0 amide bonds.